The number of carboxylic acid groups (broad SMARTS) is 1. The quantitative estimate of drug-likeness (QED) is 0.849. The molecule has 2 unspecified atom stereocenters. The van der Waals surface area contributed by atoms with Crippen LogP contribution in [0.15, 0.2) is 11.2 Å². The number of carboxylic acids is 1. The molecule has 0 saturated carbocycles. The van der Waals surface area contributed by atoms with E-state index in [1.54, 1.807) is 25.5 Å². The number of hydrogen-bond donors (Lipinski definition) is 1. The van der Waals surface area contributed by atoms with Crippen LogP contribution in [0.25, 0.3) is 0 Å². The molecule has 8 heteroatoms. The highest BCUT2D eigenvalue weighted by atomic mass is 32.2. The summed E-state index contributed by atoms with van der Waals surface area (Å²) in [5.41, 5.74) is 0. The van der Waals surface area contributed by atoms with Crippen LogP contribution < -0.4 is 0 Å². The molecule has 0 radical (unpaired) electrons. The van der Waals surface area contributed by atoms with Gasteiger partial charge in [-0.3, -0.25) is 4.79 Å². The third-order valence-corrected chi connectivity index (χ3v) is 5.29. The predicted molar refractivity (Wildman–Crippen MR) is 67.0 cm³/mol. The van der Waals surface area contributed by atoms with Crippen molar-refractivity contribution in [3.63, 3.8) is 0 Å². The maximum absolute atomic E-state index is 12.4. The monoisotopic (exact) mass is 287 g/mol. The minimum absolute atomic E-state index is 0.00839. The average molecular weight is 287 g/mol. The van der Waals surface area contributed by atoms with E-state index in [9.17, 15) is 13.2 Å². The third kappa shape index (κ3) is 2.37. The van der Waals surface area contributed by atoms with Gasteiger partial charge in [-0.2, -0.15) is 4.31 Å². The second-order valence-electron chi connectivity index (χ2n) is 4.98. The van der Waals surface area contributed by atoms with E-state index in [1.807, 2.05) is 0 Å². The van der Waals surface area contributed by atoms with Gasteiger partial charge in [0, 0.05) is 26.3 Å². The van der Waals surface area contributed by atoms with Crippen molar-refractivity contribution in [1.82, 2.24) is 13.9 Å². The predicted octanol–water partition coefficient (Wildman–Crippen LogP) is 0.0697. The van der Waals surface area contributed by atoms with Gasteiger partial charge < -0.3 is 9.67 Å². The summed E-state index contributed by atoms with van der Waals surface area (Å²) in [5, 5.41) is 9.02. The van der Waals surface area contributed by atoms with E-state index < -0.39 is 21.9 Å². The first-order valence-corrected chi connectivity index (χ1v) is 7.40. The Morgan fingerprint density at radius 1 is 1.47 bits per heavy atom. The zero-order chi connectivity index (χ0) is 14.4. The molecule has 1 aliphatic heterocycles. The molecular weight excluding hydrogens is 270 g/mol. The van der Waals surface area contributed by atoms with Crippen molar-refractivity contribution in [2.24, 2.45) is 18.9 Å². The highest BCUT2D eigenvalue weighted by molar-refractivity contribution is 7.89. The molecule has 0 aromatic carbocycles. The van der Waals surface area contributed by atoms with E-state index >= 15 is 0 Å². The van der Waals surface area contributed by atoms with Crippen LogP contribution in [0.2, 0.25) is 0 Å². The molecule has 2 rings (SSSR count). The number of sulfonamides is 1. The van der Waals surface area contributed by atoms with Gasteiger partial charge in [0.15, 0.2) is 5.03 Å². The van der Waals surface area contributed by atoms with Crippen LogP contribution >= 0.6 is 0 Å². The summed E-state index contributed by atoms with van der Waals surface area (Å²) in [4.78, 5) is 15.0. The third-order valence-electron chi connectivity index (χ3n) is 3.59. The van der Waals surface area contributed by atoms with E-state index in [1.165, 1.54) is 10.5 Å². The zero-order valence-electron chi connectivity index (χ0n) is 11.1. The Kier molecular flexibility index (Phi) is 3.40. The smallest absolute Gasteiger partial charge is 0.308 e. The fourth-order valence-electron chi connectivity index (χ4n) is 2.22. The molecule has 7 nitrogen and oxygen atoms in total. The Hall–Kier alpha value is -1.41. The fraction of sp³-hybridized carbons (Fsp3) is 0.636. The minimum Gasteiger partial charge on any atom is -0.481 e. The molecule has 1 saturated heterocycles. The molecule has 1 aromatic heterocycles. The lowest BCUT2D eigenvalue weighted by molar-refractivity contribution is -0.142. The highest BCUT2D eigenvalue weighted by Gasteiger charge is 2.41. The Labute approximate surface area is 111 Å². The second-order valence-corrected chi connectivity index (χ2v) is 6.87. The van der Waals surface area contributed by atoms with Crippen molar-refractivity contribution >= 4 is 16.0 Å². The molecule has 0 aliphatic carbocycles. The molecule has 1 aliphatic rings. The lowest BCUT2D eigenvalue weighted by Crippen LogP contribution is -2.30. The first-order valence-electron chi connectivity index (χ1n) is 5.96. The average Bonchev–Trinajstić information content (AvgIpc) is 2.84. The van der Waals surface area contributed by atoms with E-state index in [4.69, 9.17) is 5.11 Å². The normalized spacial score (nSPS) is 24.8. The summed E-state index contributed by atoms with van der Waals surface area (Å²) >= 11 is 0. The van der Waals surface area contributed by atoms with Gasteiger partial charge in [-0.1, -0.05) is 6.92 Å². The van der Waals surface area contributed by atoms with Gasteiger partial charge in [0.2, 0.25) is 0 Å². The molecule has 2 heterocycles. The summed E-state index contributed by atoms with van der Waals surface area (Å²) in [5.74, 6) is -1.21. The number of aryl methyl sites for hydroxylation is 2. The molecule has 0 amide bonds. The van der Waals surface area contributed by atoms with E-state index in [2.05, 4.69) is 4.98 Å². The Balaban J connectivity index is 2.29. The standard InChI is InChI=1S/C11H17N3O4S/c1-7-4-14(5-9(7)11(15)16)19(17,18)10-6-13(3)8(2)12-10/h6-7,9H,4-5H2,1-3H3,(H,15,16). The molecule has 1 fully saturated rings. The highest BCUT2D eigenvalue weighted by Crippen LogP contribution is 2.28. The van der Waals surface area contributed by atoms with Crippen molar-refractivity contribution < 1.29 is 18.3 Å². The van der Waals surface area contributed by atoms with Gasteiger partial charge in [-0.25, -0.2) is 13.4 Å². The van der Waals surface area contributed by atoms with Crippen LogP contribution in [-0.4, -0.2) is 46.4 Å². The molecule has 1 aromatic rings. The maximum atomic E-state index is 12.4. The van der Waals surface area contributed by atoms with Gasteiger partial charge in [0.05, 0.1) is 5.92 Å². The number of carbonyl (C=O) groups is 1. The summed E-state index contributed by atoms with van der Waals surface area (Å²) in [6.07, 6.45) is 1.45. The van der Waals surface area contributed by atoms with Crippen LogP contribution in [0.1, 0.15) is 12.7 Å². The lowest BCUT2D eigenvalue weighted by Gasteiger charge is -2.13. The van der Waals surface area contributed by atoms with Crippen LogP contribution in [-0.2, 0) is 21.9 Å². The van der Waals surface area contributed by atoms with Crippen LogP contribution in [0.4, 0.5) is 0 Å². The summed E-state index contributed by atoms with van der Waals surface area (Å²) in [7, 11) is -1.99. The van der Waals surface area contributed by atoms with Gasteiger partial charge in [0.25, 0.3) is 10.0 Å². The van der Waals surface area contributed by atoms with Crippen molar-refractivity contribution in [1.29, 1.82) is 0 Å². The molecule has 19 heavy (non-hydrogen) atoms. The van der Waals surface area contributed by atoms with Crippen LogP contribution in [0.3, 0.4) is 0 Å². The van der Waals surface area contributed by atoms with Crippen molar-refractivity contribution in [2.75, 3.05) is 13.1 Å². The van der Waals surface area contributed by atoms with Crippen molar-refractivity contribution in [3.05, 3.63) is 12.0 Å². The van der Waals surface area contributed by atoms with Crippen LogP contribution in [0.5, 0.6) is 0 Å². The number of hydrogen-bond acceptors (Lipinski definition) is 4. The summed E-state index contributed by atoms with van der Waals surface area (Å²) in [6, 6.07) is 0. The molecule has 1 N–H and O–H groups in total. The molecule has 2 atom stereocenters. The van der Waals surface area contributed by atoms with Gasteiger partial charge >= 0.3 is 5.97 Å². The largest absolute Gasteiger partial charge is 0.481 e. The first-order chi connectivity index (χ1) is 8.73. The van der Waals surface area contributed by atoms with E-state index in [-0.39, 0.29) is 24.0 Å². The number of aromatic nitrogens is 2. The second kappa shape index (κ2) is 4.61. The minimum atomic E-state index is -3.70. The first kappa shape index (κ1) is 14.0. The van der Waals surface area contributed by atoms with Crippen molar-refractivity contribution in [3.8, 4) is 0 Å². The van der Waals surface area contributed by atoms with E-state index in [0.717, 1.165) is 0 Å². The number of rotatable bonds is 3. The van der Waals surface area contributed by atoms with Gasteiger partial charge in [0.1, 0.15) is 5.82 Å². The Morgan fingerprint density at radius 3 is 2.53 bits per heavy atom. The molecule has 0 spiro atoms. The van der Waals surface area contributed by atoms with E-state index in [0.29, 0.717) is 5.82 Å². The van der Waals surface area contributed by atoms with Crippen LogP contribution in [0, 0.1) is 18.8 Å². The zero-order valence-corrected chi connectivity index (χ0v) is 11.9. The maximum Gasteiger partial charge on any atom is 0.308 e. The fourth-order valence-corrected chi connectivity index (χ4v) is 3.81. The van der Waals surface area contributed by atoms with Gasteiger partial charge in [-0.15, -0.1) is 0 Å². The Bertz CT molecular complexity index is 588. The van der Waals surface area contributed by atoms with Gasteiger partial charge in [-0.05, 0) is 12.8 Å². The number of aliphatic carboxylic acids is 1. The molecule has 0 bridgehead atoms. The summed E-state index contributed by atoms with van der Waals surface area (Å²) < 4.78 is 27.6. The molecule has 106 valence electrons. The number of nitrogens with zero attached hydrogens (tertiary/aromatic N) is 3. The van der Waals surface area contributed by atoms with Crippen molar-refractivity contribution in [2.45, 2.75) is 18.9 Å². The topological polar surface area (TPSA) is 92.5 Å². The Morgan fingerprint density at radius 2 is 2.11 bits per heavy atom. The number of imidazole rings is 1. The SMILES string of the molecule is Cc1nc(S(=O)(=O)N2CC(C)C(C(=O)O)C2)cn1C. The summed E-state index contributed by atoms with van der Waals surface area (Å²) in [6.45, 7) is 3.69. The lowest BCUT2D eigenvalue weighted by atomic mass is 9.99. The molecular formula is C11H17N3O4S.